The van der Waals surface area contributed by atoms with Gasteiger partial charge in [-0.1, -0.05) is 0 Å². The van der Waals surface area contributed by atoms with Crippen LogP contribution in [0, 0.1) is 5.92 Å². The lowest BCUT2D eigenvalue weighted by Crippen LogP contribution is -2.44. The first-order chi connectivity index (χ1) is 4.75. The molecular weight excluding hydrogens is 142 g/mol. The first-order valence-corrected chi connectivity index (χ1v) is 5.30. The fraction of sp³-hybridized carbons (Fsp3) is 1.00. The van der Waals surface area contributed by atoms with Crippen LogP contribution in [0.15, 0.2) is 0 Å². The predicted molar refractivity (Wildman–Crippen MR) is 48.6 cm³/mol. The third-order valence-corrected chi connectivity index (χ3v) is 3.18. The average Bonchev–Trinajstić information content (AvgIpc) is 1.78. The van der Waals surface area contributed by atoms with Crippen LogP contribution in [0.2, 0.25) is 0 Å². The second-order valence-electron chi connectivity index (χ2n) is 3.32. The Kier molecular flexibility index (Phi) is 3.05. The molecule has 0 aliphatic heterocycles. The van der Waals surface area contributed by atoms with Gasteiger partial charge in [-0.15, -0.1) is 0 Å². The maximum absolute atomic E-state index is 2.37. The molecule has 0 spiro atoms. The lowest BCUT2D eigenvalue weighted by molar-refractivity contribution is 0.123. The summed E-state index contributed by atoms with van der Waals surface area (Å²) in [5.41, 5.74) is 0. The van der Waals surface area contributed by atoms with E-state index in [1.807, 2.05) is 11.8 Å². The van der Waals surface area contributed by atoms with Crippen LogP contribution in [0.4, 0.5) is 0 Å². The summed E-state index contributed by atoms with van der Waals surface area (Å²) in [5.74, 6) is 2.33. The second-order valence-corrected chi connectivity index (χ2v) is 4.23. The van der Waals surface area contributed by atoms with Crippen molar-refractivity contribution >= 4 is 11.8 Å². The van der Waals surface area contributed by atoms with E-state index in [1.54, 1.807) is 0 Å². The lowest BCUT2D eigenvalue weighted by atomic mass is 9.80. The van der Waals surface area contributed by atoms with Gasteiger partial charge in [-0.2, -0.15) is 11.8 Å². The summed E-state index contributed by atoms with van der Waals surface area (Å²) in [7, 11) is 4.38. The number of thioether (sulfide) groups is 1. The highest BCUT2D eigenvalue weighted by molar-refractivity contribution is 7.98. The summed E-state index contributed by atoms with van der Waals surface area (Å²) in [5, 5.41) is 0. The maximum atomic E-state index is 2.37. The van der Waals surface area contributed by atoms with E-state index in [0.717, 1.165) is 12.0 Å². The van der Waals surface area contributed by atoms with Crippen LogP contribution in [0.5, 0.6) is 0 Å². The minimum absolute atomic E-state index is 0.882. The number of nitrogens with zero attached hydrogens (tertiary/aromatic N) is 1. The molecule has 2 heteroatoms. The third kappa shape index (κ3) is 1.67. The van der Waals surface area contributed by atoms with E-state index >= 15 is 0 Å². The number of rotatable bonds is 3. The molecule has 0 saturated heterocycles. The molecular formula is C8H17NS. The van der Waals surface area contributed by atoms with E-state index in [0.29, 0.717) is 0 Å². The van der Waals surface area contributed by atoms with Crippen molar-refractivity contribution in [3.05, 3.63) is 0 Å². The topological polar surface area (TPSA) is 3.24 Å². The molecule has 10 heavy (non-hydrogen) atoms. The Bertz CT molecular complexity index is 103. The van der Waals surface area contributed by atoms with Crippen LogP contribution in [-0.4, -0.2) is 37.0 Å². The molecule has 0 aromatic heterocycles. The standard InChI is InChI=1S/C8H17NS/c1-9(2)8-5-4-7(8)6-10-3/h7-8H,4-6H2,1-3H3. The summed E-state index contributed by atoms with van der Waals surface area (Å²) >= 11 is 1.98. The summed E-state index contributed by atoms with van der Waals surface area (Å²) in [6.07, 6.45) is 5.06. The van der Waals surface area contributed by atoms with Crippen LogP contribution in [0.25, 0.3) is 0 Å². The predicted octanol–water partition coefficient (Wildman–Crippen LogP) is 1.69. The Balaban J connectivity index is 2.22. The smallest absolute Gasteiger partial charge is 0.0125 e. The molecule has 2 unspecified atom stereocenters. The average molecular weight is 159 g/mol. The first-order valence-electron chi connectivity index (χ1n) is 3.91. The van der Waals surface area contributed by atoms with Gasteiger partial charge in [-0.25, -0.2) is 0 Å². The molecule has 2 atom stereocenters. The Labute approximate surface area is 68.2 Å². The van der Waals surface area contributed by atoms with Crippen molar-refractivity contribution in [3.63, 3.8) is 0 Å². The van der Waals surface area contributed by atoms with E-state index < -0.39 is 0 Å². The molecule has 1 aliphatic carbocycles. The van der Waals surface area contributed by atoms with Gasteiger partial charge in [0.05, 0.1) is 0 Å². The number of hydrogen-bond acceptors (Lipinski definition) is 2. The first kappa shape index (κ1) is 8.41. The van der Waals surface area contributed by atoms with Crippen molar-refractivity contribution < 1.29 is 0 Å². The monoisotopic (exact) mass is 159 g/mol. The zero-order valence-electron chi connectivity index (χ0n) is 7.13. The highest BCUT2D eigenvalue weighted by atomic mass is 32.2. The van der Waals surface area contributed by atoms with Gasteiger partial charge < -0.3 is 4.90 Å². The van der Waals surface area contributed by atoms with Crippen LogP contribution < -0.4 is 0 Å². The summed E-state index contributed by atoms with van der Waals surface area (Å²) in [6.45, 7) is 0. The molecule has 0 N–H and O–H groups in total. The van der Waals surface area contributed by atoms with Gasteiger partial charge >= 0.3 is 0 Å². The normalized spacial score (nSPS) is 32.4. The highest BCUT2D eigenvalue weighted by Crippen LogP contribution is 2.32. The van der Waals surface area contributed by atoms with Gasteiger partial charge in [0.25, 0.3) is 0 Å². The molecule has 1 nitrogen and oxygen atoms in total. The lowest BCUT2D eigenvalue weighted by Gasteiger charge is -2.40. The van der Waals surface area contributed by atoms with Gasteiger partial charge in [0, 0.05) is 6.04 Å². The molecule has 1 saturated carbocycles. The summed E-state index contributed by atoms with van der Waals surface area (Å²) in [6, 6.07) is 0.882. The Morgan fingerprint density at radius 2 is 2.10 bits per heavy atom. The van der Waals surface area contributed by atoms with Crippen molar-refractivity contribution in [2.75, 3.05) is 26.1 Å². The highest BCUT2D eigenvalue weighted by Gasteiger charge is 2.31. The molecule has 0 aromatic rings. The molecule has 0 amide bonds. The molecule has 1 rings (SSSR count). The zero-order valence-corrected chi connectivity index (χ0v) is 7.95. The van der Waals surface area contributed by atoms with Gasteiger partial charge in [0.1, 0.15) is 0 Å². The van der Waals surface area contributed by atoms with Crippen molar-refractivity contribution in [2.45, 2.75) is 18.9 Å². The molecule has 60 valence electrons. The summed E-state index contributed by atoms with van der Waals surface area (Å²) in [4.78, 5) is 2.37. The van der Waals surface area contributed by atoms with Crippen molar-refractivity contribution in [1.29, 1.82) is 0 Å². The van der Waals surface area contributed by atoms with Crippen LogP contribution >= 0.6 is 11.8 Å². The second kappa shape index (κ2) is 3.63. The Hall–Kier alpha value is 0.310. The third-order valence-electron chi connectivity index (χ3n) is 2.42. The molecule has 0 heterocycles. The minimum atomic E-state index is 0.882. The maximum Gasteiger partial charge on any atom is 0.0125 e. The fourth-order valence-electron chi connectivity index (χ4n) is 1.64. The van der Waals surface area contributed by atoms with E-state index in [1.165, 1.54) is 18.6 Å². The molecule has 1 aliphatic rings. The SMILES string of the molecule is CSCC1CCC1N(C)C. The largest absolute Gasteiger partial charge is 0.306 e. The van der Waals surface area contributed by atoms with Crippen LogP contribution in [0.1, 0.15) is 12.8 Å². The van der Waals surface area contributed by atoms with Crippen LogP contribution in [0.3, 0.4) is 0 Å². The zero-order chi connectivity index (χ0) is 7.56. The number of hydrogen-bond donors (Lipinski definition) is 0. The summed E-state index contributed by atoms with van der Waals surface area (Å²) < 4.78 is 0. The Morgan fingerprint density at radius 3 is 2.40 bits per heavy atom. The molecule has 0 aromatic carbocycles. The Morgan fingerprint density at radius 1 is 1.40 bits per heavy atom. The van der Waals surface area contributed by atoms with Gasteiger partial charge in [0.15, 0.2) is 0 Å². The van der Waals surface area contributed by atoms with Crippen molar-refractivity contribution in [2.24, 2.45) is 5.92 Å². The molecule has 0 bridgehead atoms. The van der Waals surface area contributed by atoms with E-state index in [9.17, 15) is 0 Å². The quantitative estimate of drug-likeness (QED) is 0.616. The van der Waals surface area contributed by atoms with Crippen molar-refractivity contribution in [3.8, 4) is 0 Å². The van der Waals surface area contributed by atoms with Gasteiger partial charge in [-0.05, 0) is 44.9 Å². The molecule has 0 radical (unpaired) electrons. The van der Waals surface area contributed by atoms with Crippen molar-refractivity contribution in [1.82, 2.24) is 4.90 Å². The van der Waals surface area contributed by atoms with E-state index in [4.69, 9.17) is 0 Å². The van der Waals surface area contributed by atoms with E-state index in [-0.39, 0.29) is 0 Å². The van der Waals surface area contributed by atoms with Crippen LogP contribution in [-0.2, 0) is 0 Å². The fourth-order valence-corrected chi connectivity index (χ4v) is 2.46. The molecule has 1 fully saturated rings. The van der Waals surface area contributed by atoms with Gasteiger partial charge in [0.2, 0.25) is 0 Å². The van der Waals surface area contributed by atoms with Gasteiger partial charge in [-0.3, -0.25) is 0 Å². The minimum Gasteiger partial charge on any atom is -0.306 e. The van der Waals surface area contributed by atoms with E-state index in [2.05, 4.69) is 25.3 Å².